The second-order valence-electron chi connectivity index (χ2n) is 9.82. The molecule has 2 saturated carbocycles. The standard InChI is InChI=1S/C29H40FNO/c1-2-6-23-9-15-26(16-10-23)27-17-11-25(12-18-27)22-32-29-19-13-24(14-20-29)7-4-3-5-8-28(30)21-31/h3,5,8-10,15-16,24-25,27,29H,2,4,6-7,11-14,17-20,22H2,1H3/b5-3+,28-8-. The lowest BCUT2D eigenvalue weighted by molar-refractivity contribution is -0.00824. The molecular formula is C29H40FNO. The molecule has 0 heterocycles. The molecule has 3 rings (SSSR count). The summed E-state index contributed by atoms with van der Waals surface area (Å²) in [6.07, 6.45) is 19.8. The van der Waals surface area contributed by atoms with Crippen molar-refractivity contribution in [1.29, 1.82) is 5.26 Å². The molecule has 3 heteroatoms. The average Bonchev–Trinajstić information content (AvgIpc) is 2.84. The van der Waals surface area contributed by atoms with Crippen molar-refractivity contribution >= 4 is 0 Å². The zero-order valence-electron chi connectivity index (χ0n) is 19.8. The molecule has 0 N–H and O–H groups in total. The normalized spacial score (nSPS) is 26.8. The first-order chi connectivity index (χ1) is 15.7. The smallest absolute Gasteiger partial charge is 0.199 e. The van der Waals surface area contributed by atoms with E-state index in [0.717, 1.165) is 37.2 Å². The minimum Gasteiger partial charge on any atom is -0.378 e. The molecule has 0 spiro atoms. The van der Waals surface area contributed by atoms with Crippen LogP contribution in [-0.2, 0) is 11.2 Å². The summed E-state index contributed by atoms with van der Waals surface area (Å²) in [4.78, 5) is 0. The Kier molecular flexibility index (Phi) is 10.5. The van der Waals surface area contributed by atoms with E-state index in [1.54, 1.807) is 6.08 Å². The Balaban J connectivity index is 1.28. The van der Waals surface area contributed by atoms with E-state index < -0.39 is 5.83 Å². The molecule has 0 radical (unpaired) electrons. The Morgan fingerprint density at radius 2 is 1.72 bits per heavy atom. The van der Waals surface area contributed by atoms with Gasteiger partial charge < -0.3 is 4.74 Å². The van der Waals surface area contributed by atoms with Gasteiger partial charge in [0.15, 0.2) is 5.83 Å². The highest BCUT2D eigenvalue weighted by atomic mass is 19.1. The van der Waals surface area contributed by atoms with E-state index in [1.807, 2.05) is 6.08 Å². The number of nitrogens with zero attached hydrogens (tertiary/aromatic N) is 1. The molecule has 174 valence electrons. The number of rotatable bonds is 10. The zero-order valence-corrected chi connectivity index (χ0v) is 19.8. The molecular weight excluding hydrogens is 397 g/mol. The van der Waals surface area contributed by atoms with Crippen LogP contribution >= 0.6 is 0 Å². The van der Waals surface area contributed by atoms with Crippen LogP contribution in [0.5, 0.6) is 0 Å². The second-order valence-corrected chi connectivity index (χ2v) is 9.82. The van der Waals surface area contributed by atoms with Crippen molar-refractivity contribution < 1.29 is 9.13 Å². The van der Waals surface area contributed by atoms with Gasteiger partial charge in [-0.2, -0.15) is 9.65 Å². The van der Waals surface area contributed by atoms with Crippen LogP contribution < -0.4 is 0 Å². The predicted octanol–water partition coefficient (Wildman–Crippen LogP) is 8.20. The fourth-order valence-corrected chi connectivity index (χ4v) is 5.38. The molecule has 0 atom stereocenters. The third kappa shape index (κ3) is 8.21. The minimum absolute atomic E-state index is 0.443. The summed E-state index contributed by atoms with van der Waals surface area (Å²) in [6, 6.07) is 10.9. The van der Waals surface area contributed by atoms with Crippen LogP contribution in [0.3, 0.4) is 0 Å². The van der Waals surface area contributed by atoms with Crippen molar-refractivity contribution in [2.75, 3.05) is 6.61 Å². The van der Waals surface area contributed by atoms with Gasteiger partial charge in [-0.25, -0.2) is 0 Å². The van der Waals surface area contributed by atoms with E-state index in [1.165, 1.54) is 87.5 Å². The molecule has 0 bridgehead atoms. The van der Waals surface area contributed by atoms with Crippen molar-refractivity contribution in [2.24, 2.45) is 11.8 Å². The maximum Gasteiger partial charge on any atom is 0.199 e. The Morgan fingerprint density at radius 3 is 2.38 bits per heavy atom. The molecule has 2 aliphatic carbocycles. The van der Waals surface area contributed by atoms with E-state index in [2.05, 4.69) is 31.2 Å². The highest BCUT2D eigenvalue weighted by Crippen LogP contribution is 2.37. The lowest BCUT2D eigenvalue weighted by atomic mass is 9.78. The van der Waals surface area contributed by atoms with Gasteiger partial charge in [0.05, 0.1) is 6.10 Å². The fraction of sp³-hybridized carbons (Fsp3) is 0.621. The number of halogens is 1. The first kappa shape index (κ1) is 24.7. The third-order valence-electron chi connectivity index (χ3n) is 7.42. The fourth-order valence-electron chi connectivity index (χ4n) is 5.38. The predicted molar refractivity (Wildman–Crippen MR) is 130 cm³/mol. The van der Waals surface area contributed by atoms with Crippen LogP contribution in [-0.4, -0.2) is 12.7 Å². The molecule has 0 saturated heterocycles. The van der Waals surface area contributed by atoms with Crippen molar-refractivity contribution in [3.63, 3.8) is 0 Å². The number of allylic oxidation sites excluding steroid dienone is 4. The number of nitriles is 1. The molecule has 0 unspecified atom stereocenters. The quantitative estimate of drug-likeness (QED) is 0.273. The largest absolute Gasteiger partial charge is 0.378 e. The van der Waals surface area contributed by atoms with E-state index in [9.17, 15) is 4.39 Å². The maximum absolute atomic E-state index is 12.7. The molecule has 2 fully saturated rings. The maximum atomic E-state index is 12.7. The highest BCUT2D eigenvalue weighted by molar-refractivity contribution is 5.26. The van der Waals surface area contributed by atoms with Gasteiger partial charge >= 0.3 is 0 Å². The van der Waals surface area contributed by atoms with Gasteiger partial charge in [0.1, 0.15) is 6.07 Å². The summed E-state index contributed by atoms with van der Waals surface area (Å²) < 4.78 is 19.1. The summed E-state index contributed by atoms with van der Waals surface area (Å²) in [5.74, 6) is 1.49. The Labute approximate surface area is 194 Å². The van der Waals surface area contributed by atoms with Crippen molar-refractivity contribution in [1.82, 2.24) is 0 Å². The lowest BCUT2D eigenvalue weighted by Gasteiger charge is -2.32. The molecule has 1 aromatic carbocycles. The van der Waals surface area contributed by atoms with Gasteiger partial charge in [0.2, 0.25) is 0 Å². The van der Waals surface area contributed by atoms with Crippen molar-refractivity contribution in [2.45, 2.75) is 96.0 Å². The van der Waals surface area contributed by atoms with E-state index in [0.29, 0.717) is 6.10 Å². The first-order valence-corrected chi connectivity index (χ1v) is 12.8. The minimum atomic E-state index is -0.728. The van der Waals surface area contributed by atoms with Gasteiger partial charge in [-0.15, -0.1) is 0 Å². The van der Waals surface area contributed by atoms with Gasteiger partial charge in [0.25, 0.3) is 0 Å². The summed E-state index contributed by atoms with van der Waals surface area (Å²) in [5, 5.41) is 8.39. The molecule has 0 aromatic heterocycles. The van der Waals surface area contributed by atoms with Crippen LogP contribution in [0.1, 0.15) is 94.6 Å². The first-order valence-electron chi connectivity index (χ1n) is 12.8. The van der Waals surface area contributed by atoms with Crippen molar-refractivity contribution in [3.8, 4) is 6.07 Å². The molecule has 0 aliphatic heterocycles. The zero-order chi connectivity index (χ0) is 22.6. The van der Waals surface area contributed by atoms with Gasteiger partial charge in [-0.1, -0.05) is 49.8 Å². The summed E-state index contributed by atoms with van der Waals surface area (Å²) >= 11 is 0. The Morgan fingerprint density at radius 1 is 1.03 bits per heavy atom. The number of ether oxygens (including phenoxy) is 1. The van der Waals surface area contributed by atoms with Crippen LogP contribution in [0.4, 0.5) is 4.39 Å². The number of aryl methyl sites for hydroxylation is 1. The number of benzene rings is 1. The second kappa shape index (κ2) is 13.6. The van der Waals surface area contributed by atoms with Crippen molar-refractivity contribution in [3.05, 3.63) is 59.4 Å². The van der Waals surface area contributed by atoms with Gasteiger partial charge in [-0.05, 0) is 106 Å². The molecule has 2 nitrogen and oxygen atoms in total. The van der Waals surface area contributed by atoms with Gasteiger partial charge in [-0.3, -0.25) is 0 Å². The lowest BCUT2D eigenvalue weighted by Crippen LogP contribution is -2.25. The molecule has 32 heavy (non-hydrogen) atoms. The third-order valence-corrected chi connectivity index (χ3v) is 7.42. The van der Waals surface area contributed by atoms with Crippen LogP contribution in [0, 0.1) is 23.2 Å². The van der Waals surface area contributed by atoms with Gasteiger partial charge in [0, 0.05) is 6.61 Å². The van der Waals surface area contributed by atoms with E-state index in [-0.39, 0.29) is 0 Å². The summed E-state index contributed by atoms with van der Waals surface area (Å²) in [7, 11) is 0. The van der Waals surface area contributed by atoms with E-state index >= 15 is 0 Å². The number of hydrogen-bond donors (Lipinski definition) is 0. The molecule has 0 amide bonds. The summed E-state index contributed by atoms with van der Waals surface area (Å²) in [5.41, 5.74) is 3.00. The topological polar surface area (TPSA) is 33.0 Å². The molecule has 2 aliphatic rings. The van der Waals surface area contributed by atoms with Crippen LogP contribution in [0.25, 0.3) is 0 Å². The SMILES string of the molecule is CCCc1ccc(C2CCC(COC3CCC(CC/C=C/C=C(\F)C#N)CC3)CC2)cc1. The number of hydrogen-bond acceptors (Lipinski definition) is 2. The van der Waals surface area contributed by atoms with Crippen LogP contribution in [0.2, 0.25) is 0 Å². The Bertz CT molecular complexity index is 759. The average molecular weight is 438 g/mol. The van der Waals surface area contributed by atoms with Crippen LogP contribution in [0.15, 0.2) is 48.3 Å². The molecule has 1 aromatic rings. The highest BCUT2D eigenvalue weighted by Gasteiger charge is 2.25. The monoisotopic (exact) mass is 437 g/mol. The Hall–Kier alpha value is -1.92. The summed E-state index contributed by atoms with van der Waals surface area (Å²) in [6.45, 7) is 3.18. The van der Waals surface area contributed by atoms with E-state index in [4.69, 9.17) is 10.00 Å².